The van der Waals surface area contributed by atoms with Gasteiger partial charge in [-0.1, -0.05) is 0 Å². The quantitative estimate of drug-likeness (QED) is 0.363. The fourth-order valence-electron chi connectivity index (χ4n) is 3.11. The number of benzene rings is 2. The number of nitrogens with one attached hydrogen (secondary N) is 2. The van der Waals surface area contributed by atoms with Crippen LogP contribution in [0.5, 0.6) is 17.2 Å². The lowest BCUT2D eigenvalue weighted by Crippen LogP contribution is -2.19. The molecule has 2 aromatic heterocycles. The number of carbonyl (C=O) groups excluding carboxylic acids is 1. The third-order valence-corrected chi connectivity index (χ3v) is 5.51. The summed E-state index contributed by atoms with van der Waals surface area (Å²) in [6.07, 6.45) is 3.15. The van der Waals surface area contributed by atoms with Crippen molar-refractivity contribution in [2.24, 2.45) is 0 Å². The molecule has 1 fully saturated rings. The summed E-state index contributed by atoms with van der Waals surface area (Å²) in [5.74, 6) is 0.328. The van der Waals surface area contributed by atoms with E-state index in [-0.39, 0.29) is 17.5 Å². The number of carbonyl (C=O) groups is 1. The van der Waals surface area contributed by atoms with Gasteiger partial charge in [-0.2, -0.15) is 5.26 Å². The smallest absolute Gasteiger partial charge is 0.325 e. The summed E-state index contributed by atoms with van der Waals surface area (Å²) < 4.78 is 31.3. The van der Waals surface area contributed by atoms with Crippen LogP contribution in [0.3, 0.4) is 0 Å². The molecule has 0 radical (unpaired) electrons. The number of hydrogen-bond donors (Lipinski definition) is 2. The number of aromatic nitrogens is 2. The highest BCUT2D eigenvalue weighted by Crippen LogP contribution is 2.34. The normalized spacial score (nSPS) is 14.3. The van der Waals surface area contributed by atoms with Crippen LogP contribution in [-0.2, 0) is 4.74 Å². The molecule has 9 nitrogen and oxygen atoms in total. The lowest BCUT2D eigenvalue weighted by Gasteiger charge is -2.12. The molecular formula is C23H16FN5O4S. The first-order valence-electron chi connectivity index (χ1n) is 10.1. The van der Waals surface area contributed by atoms with Crippen molar-refractivity contribution < 1.29 is 23.4 Å². The first kappa shape index (κ1) is 21.6. The SMILES string of the molecule is N#Cc1cc2c(Oc3ccc(NC(=O)Nc4nccs4)c(F)c3)ccnc2cc1OCC1CO1. The van der Waals surface area contributed by atoms with E-state index in [1.165, 1.54) is 23.5 Å². The average Bonchev–Trinajstić information content (AvgIpc) is 3.53. The molecule has 2 aromatic carbocycles. The van der Waals surface area contributed by atoms with E-state index in [0.29, 0.717) is 46.3 Å². The molecule has 2 N–H and O–H groups in total. The van der Waals surface area contributed by atoms with Crippen molar-refractivity contribution in [1.29, 1.82) is 5.26 Å². The number of fused-ring (bicyclic) bond motifs is 1. The molecule has 0 aliphatic carbocycles. The number of amides is 2. The Kier molecular flexibility index (Phi) is 5.90. The van der Waals surface area contributed by atoms with Crippen LogP contribution >= 0.6 is 11.3 Å². The number of rotatable bonds is 7. The van der Waals surface area contributed by atoms with Crippen molar-refractivity contribution in [3.05, 3.63) is 65.6 Å². The molecule has 11 heteroatoms. The molecule has 0 saturated carbocycles. The van der Waals surface area contributed by atoms with Gasteiger partial charge in [-0.05, 0) is 24.3 Å². The number of nitriles is 1. The van der Waals surface area contributed by atoms with E-state index in [2.05, 4.69) is 26.7 Å². The van der Waals surface area contributed by atoms with Gasteiger partial charge in [-0.15, -0.1) is 11.3 Å². The summed E-state index contributed by atoms with van der Waals surface area (Å²) in [6.45, 7) is 1.00. The highest BCUT2D eigenvalue weighted by molar-refractivity contribution is 7.13. The highest BCUT2D eigenvalue weighted by Gasteiger charge is 2.24. The van der Waals surface area contributed by atoms with Crippen molar-refractivity contribution in [3.63, 3.8) is 0 Å². The number of halogens is 1. The van der Waals surface area contributed by atoms with Gasteiger partial charge in [0.15, 0.2) is 5.13 Å². The van der Waals surface area contributed by atoms with Crippen LogP contribution in [0, 0.1) is 17.1 Å². The zero-order valence-electron chi connectivity index (χ0n) is 17.4. The molecule has 0 bridgehead atoms. The molecule has 0 spiro atoms. The van der Waals surface area contributed by atoms with Crippen molar-refractivity contribution in [1.82, 2.24) is 9.97 Å². The van der Waals surface area contributed by atoms with Gasteiger partial charge >= 0.3 is 6.03 Å². The molecule has 1 aliphatic heterocycles. The number of pyridine rings is 1. The third-order valence-electron chi connectivity index (χ3n) is 4.82. The van der Waals surface area contributed by atoms with Gasteiger partial charge in [0.05, 0.1) is 23.4 Å². The Hall–Kier alpha value is -4.27. The van der Waals surface area contributed by atoms with Gasteiger partial charge in [-0.3, -0.25) is 10.3 Å². The zero-order chi connectivity index (χ0) is 23.5. The molecule has 1 aliphatic rings. The largest absolute Gasteiger partial charge is 0.489 e. The first-order valence-corrected chi connectivity index (χ1v) is 11.0. The van der Waals surface area contributed by atoms with Crippen LogP contribution in [0.15, 0.2) is 54.2 Å². The molecule has 4 aromatic rings. The van der Waals surface area contributed by atoms with Gasteiger partial charge in [0.25, 0.3) is 0 Å². The molecule has 5 rings (SSSR count). The molecule has 1 saturated heterocycles. The highest BCUT2D eigenvalue weighted by atomic mass is 32.1. The summed E-state index contributed by atoms with van der Waals surface area (Å²) in [4.78, 5) is 20.3. The lowest BCUT2D eigenvalue weighted by atomic mass is 10.1. The van der Waals surface area contributed by atoms with E-state index >= 15 is 0 Å². The number of urea groups is 1. The van der Waals surface area contributed by atoms with E-state index < -0.39 is 11.8 Å². The van der Waals surface area contributed by atoms with E-state index in [1.807, 2.05) is 0 Å². The Morgan fingerprint density at radius 2 is 2.09 bits per heavy atom. The van der Waals surface area contributed by atoms with Crippen molar-refractivity contribution in [2.75, 3.05) is 23.8 Å². The van der Waals surface area contributed by atoms with Crippen molar-refractivity contribution in [2.45, 2.75) is 6.10 Å². The predicted molar refractivity (Wildman–Crippen MR) is 123 cm³/mol. The number of hydrogen-bond acceptors (Lipinski definition) is 8. The van der Waals surface area contributed by atoms with E-state index in [9.17, 15) is 14.4 Å². The monoisotopic (exact) mass is 477 g/mol. The van der Waals surface area contributed by atoms with Gasteiger partial charge in [0.2, 0.25) is 0 Å². The van der Waals surface area contributed by atoms with Gasteiger partial charge in [-0.25, -0.2) is 14.2 Å². The Morgan fingerprint density at radius 3 is 2.82 bits per heavy atom. The Labute approximate surface area is 196 Å². The topological polar surface area (TPSA) is 122 Å². The summed E-state index contributed by atoms with van der Waals surface area (Å²) in [6, 6.07) is 10.5. The van der Waals surface area contributed by atoms with E-state index in [0.717, 1.165) is 6.07 Å². The van der Waals surface area contributed by atoms with Crippen LogP contribution in [-0.4, -0.2) is 35.3 Å². The predicted octanol–water partition coefficient (Wildman–Crippen LogP) is 4.92. The van der Waals surface area contributed by atoms with Crippen LogP contribution in [0.25, 0.3) is 10.9 Å². The fraction of sp³-hybridized carbons (Fsp3) is 0.130. The maximum absolute atomic E-state index is 14.6. The molecule has 2 amide bonds. The molecule has 1 unspecified atom stereocenters. The van der Waals surface area contributed by atoms with E-state index in [4.69, 9.17) is 14.2 Å². The molecule has 3 heterocycles. The summed E-state index contributed by atoms with van der Waals surface area (Å²) >= 11 is 1.25. The summed E-state index contributed by atoms with van der Waals surface area (Å²) in [5.41, 5.74) is 0.859. The number of thiazole rings is 1. The van der Waals surface area contributed by atoms with Gasteiger partial charge < -0.3 is 19.5 Å². The summed E-state index contributed by atoms with van der Waals surface area (Å²) in [5, 5.41) is 17.2. The average molecular weight is 477 g/mol. The number of ether oxygens (including phenoxy) is 3. The molecular weight excluding hydrogens is 461 g/mol. The van der Waals surface area contributed by atoms with Gasteiger partial charge in [0.1, 0.15) is 41.8 Å². The van der Waals surface area contributed by atoms with Crippen LogP contribution < -0.4 is 20.1 Å². The Morgan fingerprint density at radius 1 is 1.21 bits per heavy atom. The fourth-order valence-corrected chi connectivity index (χ4v) is 3.64. The third kappa shape index (κ3) is 4.88. The molecule has 170 valence electrons. The first-order chi connectivity index (χ1) is 16.6. The Bertz CT molecular complexity index is 1400. The molecule has 34 heavy (non-hydrogen) atoms. The van der Waals surface area contributed by atoms with Crippen molar-refractivity contribution in [3.8, 4) is 23.3 Å². The van der Waals surface area contributed by atoms with Gasteiger partial charge in [0, 0.05) is 35.3 Å². The number of anilines is 2. The summed E-state index contributed by atoms with van der Waals surface area (Å²) in [7, 11) is 0. The Balaban J connectivity index is 1.34. The van der Waals surface area contributed by atoms with E-state index in [1.54, 1.807) is 36.0 Å². The standard InChI is InChI=1S/C23H16FN5O4S/c24-17-8-14(1-2-18(17)28-22(30)29-23-27-5-6-34-23)33-20-3-4-26-19-9-21(32-12-15-11-31-15)13(10-25)7-16(19)20/h1-9,15H,11-12H2,(H2,27,28,29,30). The molecule has 1 atom stereocenters. The number of epoxide rings is 1. The number of nitrogens with zero attached hydrogens (tertiary/aromatic N) is 3. The second kappa shape index (κ2) is 9.30. The minimum Gasteiger partial charge on any atom is -0.489 e. The zero-order valence-corrected chi connectivity index (χ0v) is 18.3. The second-order valence-electron chi connectivity index (χ2n) is 7.21. The minimum absolute atomic E-state index is 0.0193. The maximum Gasteiger partial charge on any atom is 0.325 e. The maximum atomic E-state index is 14.6. The van der Waals surface area contributed by atoms with Crippen LogP contribution in [0.4, 0.5) is 20.0 Å². The lowest BCUT2D eigenvalue weighted by molar-refractivity contribution is 0.262. The minimum atomic E-state index is -0.680. The van der Waals surface area contributed by atoms with Crippen molar-refractivity contribution >= 4 is 39.1 Å². The van der Waals surface area contributed by atoms with Crippen LogP contribution in [0.1, 0.15) is 5.56 Å². The van der Waals surface area contributed by atoms with Crippen LogP contribution in [0.2, 0.25) is 0 Å². The second-order valence-corrected chi connectivity index (χ2v) is 8.11.